The van der Waals surface area contributed by atoms with Gasteiger partial charge < -0.3 is 5.11 Å². The lowest BCUT2D eigenvalue weighted by molar-refractivity contribution is 0.475. The molecule has 1 aromatic rings. The highest BCUT2D eigenvalue weighted by Gasteiger charge is 1.74. The second-order valence-electron chi connectivity index (χ2n) is 1.54. The number of aromatic hydroxyl groups is 1. The topological polar surface area (TPSA) is 102 Å². The van der Waals surface area contributed by atoms with Gasteiger partial charge in [0.25, 0.3) is 0 Å². The van der Waals surface area contributed by atoms with Crippen LogP contribution in [0.2, 0.25) is 0 Å². The largest absolute Gasteiger partial charge is 0.508 e. The standard InChI is InChI=1S/C6H6O.2CHNO.CH4/c7-6-4-2-1-3-5-6;2*2-1-3;/h1-5,7H;2*2H;1H4. The van der Waals surface area contributed by atoms with Crippen LogP contribution in [0.25, 0.3) is 0 Å². The molecular formula is C9H12N2O3. The van der Waals surface area contributed by atoms with Gasteiger partial charge in [-0.3, -0.25) is 0 Å². The highest BCUT2D eigenvalue weighted by atomic mass is 16.3. The lowest BCUT2D eigenvalue weighted by Gasteiger charge is -1.82. The highest BCUT2D eigenvalue weighted by molar-refractivity contribution is 5.26. The van der Waals surface area contributed by atoms with Crippen LogP contribution in [0.4, 0.5) is 0 Å². The number of benzene rings is 1. The van der Waals surface area contributed by atoms with E-state index in [1.54, 1.807) is 24.3 Å². The number of phenolic OH excluding ortho intramolecular Hbond substituents is 1. The van der Waals surface area contributed by atoms with Crippen molar-refractivity contribution in [1.82, 2.24) is 0 Å². The van der Waals surface area contributed by atoms with E-state index < -0.39 is 0 Å². The SMILES string of the molecule is C.N=C=O.N=C=O.Oc1ccccc1. The fraction of sp³-hybridized carbons (Fsp3) is 0.111. The van der Waals surface area contributed by atoms with Gasteiger partial charge in [-0.1, -0.05) is 25.6 Å². The maximum absolute atomic E-state index is 8.63. The van der Waals surface area contributed by atoms with Crippen LogP contribution in [0.5, 0.6) is 5.75 Å². The molecule has 5 heteroatoms. The van der Waals surface area contributed by atoms with E-state index in [1.165, 1.54) is 0 Å². The van der Waals surface area contributed by atoms with E-state index in [2.05, 4.69) is 0 Å². The predicted octanol–water partition coefficient (Wildman–Crippen LogP) is 1.83. The van der Waals surface area contributed by atoms with E-state index in [-0.39, 0.29) is 7.43 Å². The first-order valence-electron chi connectivity index (χ1n) is 3.04. The number of hydrogen-bond donors (Lipinski definition) is 3. The van der Waals surface area contributed by atoms with Crippen molar-refractivity contribution in [2.75, 3.05) is 0 Å². The van der Waals surface area contributed by atoms with Crippen LogP contribution in [0.3, 0.4) is 0 Å². The molecule has 1 aromatic carbocycles. The van der Waals surface area contributed by atoms with E-state index in [1.807, 2.05) is 6.07 Å². The molecule has 0 fully saturated rings. The van der Waals surface area contributed by atoms with Gasteiger partial charge in [-0.2, -0.15) is 0 Å². The smallest absolute Gasteiger partial charge is 0.231 e. The Hall–Kier alpha value is -2.22. The van der Waals surface area contributed by atoms with Gasteiger partial charge >= 0.3 is 0 Å². The molecule has 0 heterocycles. The van der Waals surface area contributed by atoms with E-state index in [0.29, 0.717) is 5.75 Å². The molecule has 1 rings (SSSR count). The van der Waals surface area contributed by atoms with Crippen molar-refractivity contribution in [3.63, 3.8) is 0 Å². The number of hydrogen-bond acceptors (Lipinski definition) is 5. The quantitative estimate of drug-likeness (QED) is 0.435. The second-order valence-corrected chi connectivity index (χ2v) is 1.54. The molecule has 0 aliphatic carbocycles. The fourth-order valence-electron chi connectivity index (χ4n) is 0.428. The van der Waals surface area contributed by atoms with Crippen molar-refractivity contribution >= 4 is 12.2 Å². The Morgan fingerprint density at radius 2 is 1.29 bits per heavy atom. The molecule has 0 saturated heterocycles. The summed E-state index contributed by atoms with van der Waals surface area (Å²) in [4.78, 5) is 16.7. The third-order valence-corrected chi connectivity index (χ3v) is 0.756. The van der Waals surface area contributed by atoms with Gasteiger partial charge in [-0.05, 0) is 12.1 Å². The van der Waals surface area contributed by atoms with Crippen LogP contribution in [-0.4, -0.2) is 17.3 Å². The molecule has 3 N–H and O–H groups in total. The van der Waals surface area contributed by atoms with Gasteiger partial charge in [-0.15, -0.1) is 0 Å². The lowest BCUT2D eigenvalue weighted by Crippen LogP contribution is -1.56. The first-order valence-corrected chi connectivity index (χ1v) is 3.04. The van der Waals surface area contributed by atoms with Crippen molar-refractivity contribution in [2.45, 2.75) is 7.43 Å². The van der Waals surface area contributed by atoms with E-state index in [0.717, 1.165) is 12.2 Å². The second kappa shape index (κ2) is 17.0. The molecule has 0 aliphatic rings. The number of nitrogens with one attached hydrogen (secondary N) is 2. The number of carbonyl (C=O) groups excluding carboxylic acids is 2. The van der Waals surface area contributed by atoms with Crippen LogP contribution < -0.4 is 0 Å². The Morgan fingerprint density at radius 3 is 1.43 bits per heavy atom. The Bertz CT molecular complexity index is 261. The van der Waals surface area contributed by atoms with Crippen LogP contribution >= 0.6 is 0 Å². The average Bonchev–Trinajstić information content (AvgIpc) is 2.08. The maximum Gasteiger partial charge on any atom is 0.231 e. The van der Waals surface area contributed by atoms with E-state index in [4.69, 9.17) is 25.5 Å². The van der Waals surface area contributed by atoms with Crippen LogP contribution in [0, 0.1) is 10.8 Å². The molecule has 5 nitrogen and oxygen atoms in total. The zero-order chi connectivity index (χ0) is 10.5. The van der Waals surface area contributed by atoms with Gasteiger partial charge in [-0.25, -0.2) is 20.4 Å². The van der Waals surface area contributed by atoms with Crippen molar-refractivity contribution in [3.8, 4) is 5.75 Å². The summed E-state index contributed by atoms with van der Waals surface area (Å²) >= 11 is 0. The zero-order valence-corrected chi connectivity index (χ0v) is 6.65. The molecule has 0 aliphatic heterocycles. The van der Waals surface area contributed by atoms with Crippen LogP contribution in [-0.2, 0) is 9.59 Å². The first-order chi connectivity index (χ1) is 6.22. The van der Waals surface area contributed by atoms with Crippen LogP contribution in [0.15, 0.2) is 30.3 Å². The number of rotatable bonds is 0. The first kappa shape index (κ1) is 17.8. The van der Waals surface area contributed by atoms with E-state index in [9.17, 15) is 0 Å². The highest BCUT2D eigenvalue weighted by Crippen LogP contribution is 2.02. The summed E-state index contributed by atoms with van der Waals surface area (Å²) in [6.07, 6.45) is 1.50. The monoisotopic (exact) mass is 196 g/mol. The van der Waals surface area contributed by atoms with Crippen LogP contribution in [0.1, 0.15) is 7.43 Å². The molecule has 0 unspecified atom stereocenters. The minimum atomic E-state index is 0. The Labute approximate surface area is 82.0 Å². The number of isocyanates is 2. The van der Waals surface area contributed by atoms with Gasteiger partial charge in [0.15, 0.2) is 0 Å². The maximum atomic E-state index is 8.63. The summed E-state index contributed by atoms with van der Waals surface area (Å²) in [7, 11) is 0. The molecule has 0 spiro atoms. The van der Waals surface area contributed by atoms with E-state index >= 15 is 0 Å². The van der Waals surface area contributed by atoms with Crippen molar-refractivity contribution < 1.29 is 14.7 Å². The molecule has 0 saturated carbocycles. The van der Waals surface area contributed by atoms with Gasteiger partial charge in [0, 0.05) is 0 Å². The molecule has 0 aromatic heterocycles. The average molecular weight is 196 g/mol. The lowest BCUT2D eigenvalue weighted by atomic mass is 10.3. The van der Waals surface area contributed by atoms with Crippen molar-refractivity contribution in [2.24, 2.45) is 0 Å². The molecule has 0 amide bonds. The number of phenols is 1. The third-order valence-electron chi connectivity index (χ3n) is 0.756. The number of para-hydroxylation sites is 1. The summed E-state index contributed by atoms with van der Waals surface area (Å²) in [5, 5.41) is 19.4. The molecule has 0 radical (unpaired) electrons. The van der Waals surface area contributed by atoms with Crippen molar-refractivity contribution in [1.29, 1.82) is 10.8 Å². The fourth-order valence-corrected chi connectivity index (χ4v) is 0.428. The summed E-state index contributed by atoms with van der Waals surface area (Å²) in [6, 6.07) is 8.71. The van der Waals surface area contributed by atoms with Crippen molar-refractivity contribution in [3.05, 3.63) is 30.3 Å². The summed E-state index contributed by atoms with van der Waals surface area (Å²) in [6.45, 7) is 0. The Morgan fingerprint density at radius 1 is 1.00 bits per heavy atom. The minimum absolute atomic E-state index is 0. The molecule has 0 atom stereocenters. The van der Waals surface area contributed by atoms with Gasteiger partial charge in [0.1, 0.15) is 5.75 Å². The molecule has 0 bridgehead atoms. The zero-order valence-electron chi connectivity index (χ0n) is 6.65. The Kier molecular flexibility index (Phi) is 21.6. The Balaban J connectivity index is -0.000000150. The minimum Gasteiger partial charge on any atom is -0.508 e. The molecule has 14 heavy (non-hydrogen) atoms. The summed E-state index contributed by atoms with van der Waals surface area (Å²) < 4.78 is 0. The van der Waals surface area contributed by atoms with Gasteiger partial charge in [0.2, 0.25) is 12.2 Å². The third kappa shape index (κ3) is 22.6. The molecule has 76 valence electrons. The normalized spacial score (nSPS) is 5.43. The summed E-state index contributed by atoms with van der Waals surface area (Å²) in [5.41, 5.74) is 0. The van der Waals surface area contributed by atoms with Gasteiger partial charge in [0.05, 0.1) is 0 Å². The summed E-state index contributed by atoms with van der Waals surface area (Å²) in [5.74, 6) is 0.322. The molecular weight excluding hydrogens is 184 g/mol. The predicted molar refractivity (Wildman–Crippen MR) is 51.7 cm³/mol.